The highest BCUT2D eigenvalue weighted by Crippen LogP contribution is 2.32. The van der Waals surface area contributed by atoms with Crippen molar-refractivity contribution in [3.05, 3.63) is 34.9 Å². The minimum atomic E-state index is -4.36. The molecule has 1 N–H and O–H groups in total. The van der Waals surface area contributed by atoms with Crippen molar-refractivity contribution in [2.24, 2.45) is 5.92 Å². The lowest BCUT2D eigenvalue weighted by Gasteiger charge is -2.34. The number of benzene rings is 1. The normalized spacial score (nSPS) is 21.4. The Balaban J connectivity index is 1.41. The number of hydrogen-bond acceptors (Lipinski definition) is 3. The summed E-state index contributed by atoms with van der Waals surface area (Å²) >= 11 is 5.90. The van der Waals surface area contributed by atoms with Crippen molar-refractivity contribution < 1.29 is 22.8 Å². The topological polar surface area (TPSA) is 52.7 Å². The van der Waals surface area contributed by atoms with Gasteiger partial charge in [-0.05, 0) is 62.9 Å². The van der Waals surface area contributed by atoms with Gasteiger partial charge < -0.3 is 10.2 Å². The van der Waals surface area contributed by atoms with Crippen molar-refractivity contribution in [3.63, 3.8) is 0 Å². The number of nitrogens with zero attached hydrogens (tertiary/aromatic N) is 2. The Morgan fingerprint density at radius 3 is 2.52 bits per heavy atom. The first-order valence-electron chi connectivity index (χ1n) is 9.86. The van der Waals surface area contributed by atoms with E-state index in [1.807, 2.05) is 4.90 Å². The summed E-state index contributed by atoms with van der Waals surface area (Å²) in [7, 11) is 0. The molecule has 0 unspecified atom stereocenters. The molecule has 0 saturated carbocycles. The monoisotopic (exact) mass is 431 g/mol. The minimum Gasteiger partial charge on any atom is -0.352 e. The van der Waals surface area contributed by atoms with Crippen molar-refractivity contribution in [1.29, 1.82) is 0 Å². The number of alkyl halides is 3. The molecule has 2 saturated heterocycles. The SMILES string of the molecule is O=C(NCC1CCN(CC(=O)N2CCC[C@H]2C(F)(F)F)CC1)c1cccc(Cl)c1. The Hall–Kier alpha value is -1.80. The molecule has 1 aromatic rings. The van der Waals surface area contributed by atoms with E-state index >= 15 is 0 Å². The number of hydrogen-bond donors (Lipinski definition) is 1. The van der Waals surface area contributed by atoms with Crippen LogP contribution in [0.3, 0.4) is 0 Å². The van der Waals surface area contributed by atoms with Crippen LogP contribution in [0.2, 0.25) is 5.02 Å². The van der Waals surface area contributed by atoms with Crippen LogP contribution in [0.4, 0.5) is 13.2 Å². The number of amides is 2. The van der Waals surface area contributed by atoms with Crippen molar-refractivity contribution in [2.45, 2.75) is 37.9 Å². The van der Waals surface area contributed by atoms with Gasteiger partial charge in [-0.25, -0.2) is 0 Å². The zero-order valence-corrected chi connectivity index (χ0v) is 16.8. The van der Waals surface area contributed by atoms with Crippen molar-refractivity contribution in [1.82, 2.24) is 15.1 Å². The summed E-state index contributed by atoms with van der Waals surface area (Å²) in [6.07, 6.45) is -2.41. The van der Waals surface area contributed by atoms with Crippen molar-refractivity contribution >= 4 is 23.4 Å². The predicted molar refractivity (Wildman–Crippen MR) is 104 cm³/mol. The van der Waals surface area contributed by atoms with Crippen LogP contribution in [-0.4, -0.2) is 66.6 Å². The van der Waals surface area contributed by atoms with E-state index in [0.29, 0.717) is 36.6 Å². The Bertz CT molecular complexity index is 736. The molecule has 160 valence electrons. The van der Waals surface area contributed by atoms with Gasteiger partial charge in [-0.2, -0.15) is 13.2 Å². The molecule has 0 aliphatic carbocycles. The maximum atomic E-state index is 13.0. The maximum Gasteiger partial charge on any atom is 0.408 e. The largest absolute Gasteiger partial charge is 0.408 e. The molecule has 0 radical (unpaired) electrons. The number of nitrogens with one attached hydrogen (secondary N) is 1. The van der Waals surface area contributed by atoms with Gasteiger partial charge in [0.15, 0.2) is 0 Å². The fourth-order valence-electron chi connectivity index (χ4n) is 4.01. The second-order valence-corrected chi connectivity index (χ2v) is 8.16. The highest BCUT2D eigenvalue weighted by molar-refractivity contribution is 6.30. The highest BCUT2D eigenvalue weighted by atomic mass is 35.5. The lowest BCUT2D eigenvalue weighted by molar-refractivity contribution is -0.183. The molecular weight excluding hydrogens is 407 g/mol. The van der Waals surface area contributed by atoms with Gasteiger partial charge in [-0.15, -0.1) is 0 Å². The molecule has 1 atom stereocenters. The second kappa shape index (κ2) is 9.34. The highest BCUT2D eigenvalue weighted by Gasteiger charge is 2.47. The van der Waals surface area contributed by atoms with Crippen molar-refractivity contribution in [2.75, 3.05) is 32.7 Å². The number of carbonyl (C=O) groups excluding carboxylic acids is 2. The molecule has 2 fully saturated rings. The first-order chi connectivity index (χ1) is 13.7. The lowest BCUT2D eigenvalue weighted by Crippen LogP contribution is -2.49. The Morgan fingerprint density at radius 2 is 1.86 bits per heavy atom. The fourth-order valence-corrected chi connectivity index (χ4v) is 4.20. The summed E-state index contributed by atoms with van der Waals surface area (Å²) in [5.74, 6) is -0.353. The van der Waals surface area contributed by atoms with Gasteiger partial charge >= 0.3 is 6.18 Å². The fraction of sp³-hybridized carbons (Fsp3) is 0.600. The second-order valence-electron chi connectivity index (χ2n) is 7.73. The van der Waals surface area contributed by atoms with Gasteiger partial charge in [-0.3, -0.25) is 14.5 Å². The molecule has 2 aliphatic heterocycles. The molecule has 0 aromatic heterocycles. The van der Waals surface area contributed by atoms with Crippen LogP contribution < -0.4 is 5.32 Å². The Kier molecular flexibility index (Phi) is 7.05. The smallest absolute Gasteiger partial charge is 0.352 e. The van der Waals surface area contributed by atoms with E-state index in [0.717, 1.165) is 17.7 Å². The van der Waals surface area contributed by atoms with Crippen LogP contribution in [0.1, 0.15) is 36.0 Å². The van der Waals surface area contributed by atoms with Gasteiger partial charge in [0.25, 0.3) is 5.91 Å². The molecule has 2 amide bonds. The summed E-state index contributed by atoms with van der Waals surface area (Å²) in [5, 5.41) is 3.40. The molecule has 9 heteroatoms. The molecule has 0 bridgehead atoms. The van der Waals surface area contributed by atoms with Gasteiger partial charge in [0.2, 0.25) is 5.91 Å². The molecule has 5 nitrogen and oxygen atoms in total. The van der Waals surface area contributed by atoms with Crippen LogP contribution in [-0.2, 0) is 4.79 Å². The third-order valence-electron chi connectivity index (χ3n) is 5.66. The third-order valence-corrected chi connectivity index (χ3v) is 5.89. The molecule has 1 aromatic carbocycles. The van der Waals surface area contributed by atoms with E-state index < -0.39 is 18.1 Å². The van der Waals surface area contributed by atoms with Crippen LogP contribution in [0.25, 0.3) is 0 Å². The van der Waals surface area contributed by atoms with Gasteiger partial charge in [0.05, 0.1) is 6.54 Å². The van der Waals surface area contributed by atoms with Gasteiger partial charge in [0, 0.05) is 23.7 Å². The Morgan fingerprint density at radius 1 is 1.14 bits per heavy atom. The predicted octanol–water partition coefficient (Wildman–Crippen LogP) is 3.34. The standard InChI is InChI=1S/C20H25ClF3N3O2/c21-16-4-1-3-15(11-16)19(29)25-12-14-6-9-26(10-7-14)13-18(28)27-8-2-5-17(27)20(22,23)24/h1,3-4,11,14,17H,2,5-10,12-13H2,(H,25,29)/t17-/m0/s1. The number of carbonyl (C=O) groups is 2. The van der Waals surface area contributed by atoms with Gasteiger partial charge in [-0.1, -0.05) is 17.7 Å². The molecule has 2 aliphatic rings. The van der Waals surface area contributed by atoms with Crippen molar-refractivity contribution in [3.8, 4) is 0 Å². The number of rotatable bonds is 5. The van der Waals surface area contributed by atoms with Gasteiger partial charge in [0.1, 0.15) is 6.04 Å². The lowest BCUT2D eigenvalue weighted by atomic mass is 9.96. The van der Waals surface area contributed by atoms with E-state index in [1.165, 1.54) is 0 Å². The van der Waals surface area contributed by atoms with E-state index in [4.69, 9.17) is 11.6 Å². The van der Waals surface area contributed by atoms with Crippen LogP contribution in [0.5, 0.6) is 0 Å². The quantitative estimate of drug-likeness (QED) is 0.778. The molecule has 2 heterocycles. The maximum absolute atomic E-state index is 13.0. The summed E-state index contributed by atoms with van der Waals surface area (Å²) in [5.41, 5.74) is 0.505. The van der Waals surface area contributed by atoms with Crippen LogP contribution in [0.15, 0.2) is 24.3 Å². The number of halogens is 4. The summed E-state index contributed by atoms with van der Waals surface area (Å²) in [6, 6.07) is 5.08. The molecular formula is C20H25ClF3N3O2. The first-order valence-corrected chi connectivity index (χ1v) is 10.2. The Labute approximate surface area is 173 Å². The van der Waals surface area contributed by atoms with Crippen LogP contribution in [0, 0.1) is 5.92 Å². The van der Waals surface area contributed by atoms with E-state index in [1.54, 1.807) is 24.3 Å². The average Bonchev–Trinajstić information content (AvgIpc) is 3.18. The molecule has 3 rings (SSSR count). The van der Waals surface area contributed by atoms with E-state index in [9.17, 15) is 22.8 Å². The molecule has 0 spiro atoms. The summed E-state index contributed by atoms with van der Waals surface area (Å²) in [6.45, 7) is 1.99. The zero-order chi connectivity index (χ0) is 21.0. The molecule has 29 heavy (non-hydrogen) atoms. The number of piperidine rings is 1. The summed E-state index contributed by atoms with van der Waals surface area (Å²) in [4.78, 5) is 27.4. The third kappa shape index (κ3) is 5.85. The first kappa shape index (κ1) is 21.9. The van der Waals surface area contributed by atoms with E-state index in [-0.39, 0.29) is 31.3 Å². The summed E-state index contributed by atoms with van der Waals surface area (Å²) < 4.78 is 39.1. The minimum absolute atomic E-state index is 0.0103. The zero-order valence-electron chi connectivity index (χ0n) is 16.1. The van der Waals surface area contributed by atoms with E-state index in [2.05, 4.69) is 5.32 Å². The average molecular weight is 432 g/mol. The van der Waals surface area contributed by atoms with Crippen LogP contribution >= 0.6 is 11.6 Å². The number of likely N-dealkylation sites (tertiary alicyclic amines) is 2.